The molecule has 0 aliphatic carbocycles. The minimum absolute atomic E-state index is 0.245. The summed E-state index contributed by atoms with van der Waals surface area (Å²) in [6.07, 6.45) is -7.07. The van der Waals surface area contributed by atoms with Gasteiger partial charge in [-0.25, -0.2) is 0 Å². The first-order valence-electron chi connectivity index (χ1n) is 12.0. The fourth-order valence-electron chi connectivity index (χ4n) is 4.18. The molecule has 2 aliphatic heterocycles. The summed E-state index contributed by atoms with van der Waals surface area (Å²) in [5, 5.41) is 70.2. The first-order valence-corrected chi connectivity index (χ1v) is 12.0. The van der Waals surface area contributed by atoms with Crippen LogP contribution in [0.25, 0.3) is 0 Å². The van der Waals surface area contributed by atoms with Crippen molar-refractivity contribution in [3.8, 4) is 0 Å². The Labute approximate surface area is 194 Å². The maximum atomic E-state index is 10.6. The number of hydrogen-bond donors (Lipinski definition) is 7. The molecule has 11 atom stereocenters. The summed E-state index contributed by atoms with van der Waals surface area (Å²) in [4.78, 5) is 0. The van der Waals surface area contributed by atoms with Crippen LogP contribution in [0.1, 0.15) is 58.8 Å². The Morgan fingerprint density at radius 1 is 0.697 bits per heavy atom. The lowest BCUT2D eigenvalue weighted by Gasteiger charge is -2.46. The van der Waals surface area contributed by atoms with Crippen LogP contribution in [0, 0.1) is 0 Å². The minimum atomic E-state index is -1.70. The molecule has 7 N–H and O–H groups in total. The molecular weight excluding hydrogens is 440 g/mol. The number of hydrogen-bond acceptors (Lipinski definition) is 11. The Morgan fingerprint density at radius 2 is 1.27 bits per heavy atom. The first-order chi connectivity index (χ1) is 15.7. The third kappa shape index (κ3) is 7.77. The summed E-state index contributed by atoms with van der Waals surface area (Å²) in [6, 6.07) is 0. The van der Waals surface area contributed by atoms with Crippen LogP contribution < -0.4 is 0 Å². The van der Waals surface area contributed by atoms with E-state index in [1.807, 2.05) is 6.92 Å². The van der Waals surface area contributed by atoms with E-state index in [2.05, 4.69) is 6.92 Å². The lowest BCUT2D eigenvalue weighted by Crippen LogP contribution is -2.64. The van der Waals surface area contributed by atoms with Crippen LogP contribution in [0.15, 0.2) is 0 Å². The molecule has 0 spiro atoms. The fourth-order valence-corrected chi connectivity index (χ4v) is 4.18. The standard InChI is InChI=1S/C22H42O11/c1-3-4-5-6-7-8-9-12(2)30-21-19(29)17(27)20(14(11-24)32-21)33-22-18(28)16(26)15(25)13(10-23)31-22/h12-29H,3-11H2,1-2H3/t12?,13?,14?,15-,16?,17?,18?,19?,20-,21-,22-/m1/s1. The summed E-state index contributed by atoms with van der Waals surface area (Å²) in [5.74, 6) is 0. The molecule has 11 heteroatoms. The highest BCUT2D eigenvalue weighted by atomic mass is 16.7. The SMILES string of the molecule is CCCCCCCCC(C)O[C@@H]1OC(CO)[C@@H](O[C@H]2OC(CO)[C@@H](O)C(O)C2O)C(O)C1O. The van der Waals surface area contributed by atoms with Gasteiger partial charge in [-0.1, -0.05) is 45.4 Å². The van der Waals surface area contributed by atoms with Gasteiger partial charge in [-0.3, -0.25) is 0 Å². The molecule has 2 aliphatic rings. The predicted molar refractivity (Wildman–Crippen MR) is 115 cm³/mol. The molecule has 7 unspecified atom stereocenters. The van der Waals surface area contributed by atoms with E-state index in [1.165, 1.54) is 19.3 Å². The molecule has 2 heterocycles. The predicted octanol–water partition coefficient (Wildman–Crippen LogP) is -1.23. The second kappa shape index (κ2) is 14.2. The summed E-state index contributed by atoms with van der Waals surface area (Å²) in [7, 11) is 0. The fraction of sp³-hybridized carbons (Fsp3) is 1.00. The second-order valence-electron chi connectivity index (χ2n) is 9.01. The van der Waals surface area contributed by atoms with E-state index >= 15 is 0 Å². The first kappa shape index (κ1) is 28.8. The Hall–Kier alpha value is -0.440. The third-order valence-corrected chi connectivity index (χ3v) is 6.29. The lowest BCUT2D eigenvalue weighted by atomic mass is 9.97. The quantitative estimate of drug-likeness (QED) is 0.156. The number of aliphatic hydroxyl groups excluding tert-OH is 7. The lowest BCUT2D eigenvalue weighted by molar-refractivity contribution is -0.362. The highest BCUT2D eigenvalue weighted by Crippen LogP contribution is 2.30. The molecule has 0 amide bonds. The molecule has 0 radical (unpaired) electrons. The van der Waals surface area contributed by atoms with Crippen molar-refractivity contribution in [2.24, 2.45) is 0 Å². The van der Waals surface area contributed by atoms with Crippen LogP contribution in [0.5, 0.6) is 0 Å². The van der Waals surface area contributed by atoms with Crippen molar-refractivity contribution in [1.29, 1.82) is 0 Å². The molecule has 0 bridgehead atoms. The normalized spacial score (nSPS) is 40.6. The van der Waals surface area contributed by atoms with E-state index in [4.69, 9.17) is 18.9 Å². The molecule has 2 saturated heterocycles. The van der Waals surface area contributed by atoms with E-state index in [0.29, 0.717) is 0 Å². The van der Waals surface area contributed by atoms with Crippen LogP contribution in [0.4, 0.5) is 0 Å². The van der Waals surface area contributed by atoms with Gasteiger partial charge in [0.2, 0.25) is 0 Å². The highest BCUT2D eigenvalue weighted by Gasteiger charge is 2.50. The second-order valence-corrected chi connectivity index (χ2v) is 9.01. The molecule has 11 nitrogen and oxygen atoms in total. The van der Waals surface area contributed by atoms with Crippen LogP contribution in [0.2, 0.25) is 0 Å². The van der Waals surface area contributed by atoms with Crippen molar-refractivity contribution >= 4 is 0 Å². The molecule has 0 aromatic carbocycles. The maximum absolute atomic E-state index is 10.6. The largest absolute Gasteiger partial charge is 0.394 e. The van der Waals surface area contributed by atoms with Gasteiger partial charge in [0.05, 0.1) is 19.3 Å². The molecule has 0 aromatic rings. The number of rotatable bonds is 13. The van der Waals surface area contributed by atoms with Crippen LogP contribution in [-0.4, -0.2) is 116 Å². The molecular formula is C22H42O11. The van der Waals surface area contributed by atoms with Crippen molar-refractivity contribution in [3.63, 3.8) is 0 Å². The number of ether oxygens (including phenoxy) is 4. The van der Waals surface area contributed by atoms with Gasteiger partial charge in [0.25, 0.3) is 0 Å². The molecule has 2 fully saturated rings. The van der Waals surface area contributed by atoms with E-state index in [0.717, 1.165) is 25.7 Å². The van der Waals surface area contributed by atoms with Crippen LogP contribution >= 0.6 is 0 Å². The summed E-state index contributed by atoms with van der Waals surface area (Å²) >= 11 is 0. The molecule has 196 valence electrons. The Balaban J connectivity index is 1.91. The average molecular weight is 483 g/mol. The molecule has 33 heavy (non-hydrogen) atoms. The zero-order valence-corrected chi connectivity index (χ0v) is 19.5. The van der Waals surface area contributed by atoms with Gasteiger partial charge >= 0.3 is 0 Å². The number of unbranched alkanes of at least 4 members (excludes halogenated alkanes) is 5. The zero-order chi connectivity index (χ0) is 24.5. The molecule has 0 saturated carbocycles. The summed E-state index contributed by atoms with van der Waals surface area (Å²) in [5.41, 5.74) is 0. The molecule has 0 aromatic heterocycles. The van der Waals surface area contributed by atoms with E-state index in [-0.39, 0.29) is 6.10 Å². The van der Waals surface area contributed by atoms with Crippen molar-refractivity contribution in [2.45, 2.75) is 126 Å². The topological polar surface area (TPSA) is 179 Å². The Kier molecular flexibility index (Phi) is 12.4. The summed E-state index contributed by atoms with van der Waals surface area (Å²) in [6.45, 7) is 2.78. The van der Waals surface area contributed by atoms with Gasteiger partial charge in [-0.2, -0.15) is 0 Å². The van der Waals surface area contributed by atoms with Gasteiger partial charge in [0.1, 0.15) is 48.8 Å². The molecule has 2 rings (SSSR count). The highest BCUT2D eigenvalue weighted by molar-refractivity contribution is 4.94. The van der Waals surface area contributed by atoms with Crippen molar-refractivity contribution in [3.05, 3.63) is 0 Å². The van der Waals surface area contributed by atoms with Gasteiger partial charge < -0.3 is 54.7 Å². The Bertz CT molecular complexity index is 534. The maximum Gasteiger partial charge on any atom is 0.187 e. The average Bonchev–Trinajstić information content (AvgIpc) is 2.80. The van der Waals surface area contributed by atoms with E-state index in [1.54, 1.807) is 0 Å². The minimum Gasteiger partial charge on any atom is -0.394 e. The zero-order valence-electron chi connectivity index (χ0n) is 19.5. The van der Waals surface area contributed by atoms with Gasteiger partial charge in [-0.15, -0.1) is 0 Å². The van der Waals surface area contributed by atoms with Crippen LogP contribution in [0.3, 0.4) is 0 Å². The van der Waals surface area contributed by atoms with Crippen molar-refractivity contribution < 1.29 is 54.7 Å². The van der Waals surface area contributed by atoms with Crippen LogP contribution in [-0.2, 0) is 18.9 Å². The van der Waals surface area contributed by atoms with Gasteiger partial charge in [0.15, 0.2) is 12.6 Å². The Morgan fingerprint density at radius 3 is 1.91 bits per heavy atom. The summed E-state index contributed by atoms with van der Waals surface area (Å²) < 4.78 is 22.2. The number of aliphatic hydroxyl groups is 7. The van der Waals surface area contributed by atoms with Gasteiger partial charge in [-0.05, 0) is 13.3 Å². The smallest absolute Gasteiger partial charge is 0.187 e. The van der Waals surface area contributed by atoms with Crippen molar-refractivity contribution in [1.82, 2.24) is 0 Å². The van der Waals surface area contributed by atoms with E-state index in [9.17, 15) is 35.7 Å². The third-order valence-electron chi connectivity index (χ3n) is 6.29. The van der Waals surface area contributed by atoms with E-state index < -0.39 is 74.6 Å². The van der Waals surface area contributed by atoms with Crippen molar-refractivity contribution in [2.75, 3.05) is 13.2 Å². The monoisotopic (exact) mass is 482 g/mol. The van der Waals surface area contributed by atoms with Gasteiger partial charge in [0, 0.05) is 0 Å².